The molecular formula is C18H22N2O2. The lowest BCUT2D eigenvalue weighted by molar-refractivity contribution is 0.0479. The summed E-state index contributed by atoms with van der Waals surface area (Å²) in [6.07, 6.45) is 3.28. The smallest absolute Gasteiger partial charge is 0.290 e. The van der Waals surface area contributed by atoms with Gasteiger partial charge in [0.15, 0.2) is 5.76 Å². The number of benzene rings is 1. The largest absolute Gasteiger partial charge is 0.451 e. The summed E-state index contributed by atoms with van der Waals surface area (Å²) in [5, 5.41) is 0. The van der Waals surface area contributed by atoms with Gasteiger partial charge in [0.1, 0.15) is 5.76 Å². The highest BCUT2D eigenvalue weighted by Crippen LogP contribution is 2.30. The Morgan fingerprint density at radius 1 is 1.14 bits per heavy atom. The van der Waals surface area contributed by atoms with E-state index in [1.54, 1.807) is 6.07 Å². The van der Waals surface area contributed by atoms with Crippen molar-refractivity contribution in [3.05, 3.63) is 42.2 Å². The van der Waals surface area contributed by atoms with Gasteiger partial charge in [0, 0.05) is 23.3 Å². The van der Waals surface area contributed by atoms with Crippen LogP contribution in [-0.4, -0.2) is 22.9 Å². The van der Waals surface area contributed by atoms with Crippen LogP contribution in [0.4, 0.5) is 5.69 Å². The fourth-order valence-corrected chi connectivity index (χ4v) is 3.27. The number of nitrogen functional groups attached to an aromatic ring is 1. The van der Waals surface area contributed by atoms with Crippen molar-refractivity contribution in [2.24, 2.45) is 0 Å². The van der Waals surface area contributed by atoms with E-state index in [9.17, 15) is 4.79 Å². The molecule has 1 fully saturated rings. The van der Waals surface area contributed by atoms with Crippen molar-refractivity contribution in [1.82, 2.24) is 4.90 Å². The number of likely N-dealkylation sites (tertiary alicyclic amines) is 1. The molecule has 3 rings (SSSR count). The van der Waals surface area contributed by atoms with Crippen LogP contribution < -0.4 is 5.73 Å². The summed E-state index contributed by atoms with van der Waals surface area (Å²) in [7, 11) is 0. The Morgan fingerprint density at radius 2 is 1.82 bits per heavy atom. The van der Waals surface area contributed by atoms with E-state index in [0.717, 1.165) is 18.4 Å². The van der Waals surface area contributed by atoms with Crippen molar-refractivity contribution in [3.63, 3.8) is 0 Å². The number of anilines is 1. The number of nitrogens with two attached hydrogens (primary N) is 1. The molecule has 4 nitrogen and oxygen atoms in total. The quantitative estimate of drug-likeness (QED) is 0.854. The molecule has 1 saturated heterocycles. The van der Waals surface area contributed by atoms with Crippen LogP contribution in [0.25, 0.3) is 11.3 Å². The predicted octanol–water partition coefficient (Wildman–Crippen LogP) is 3.93. The van der Waals surface area contributed by atoms with Crippen LogP contribution in [0, 0.1) is 0 Å². The summed E-state index contributed by atoms with van der Waals surface area (Å²) >= 11 is 0. The molecule has 2 atom stereocenters. The zero-order chi connectivity index (χ0) is 15.7. The highest BCUT2D eigenvalue weighted by Gasteiger charge is 2.31. The maximum absolute atomic E-state index is 12.8. The molecule has 0 spiro atoms. The molecule has 2 N–H and O–H groups in total. The van der Waals surface area contributed by atoms with Gasteiger partial charge >= 0.3 is 0 Å². The first-order chi connectivity index (χ1) is 10.6. The number of amides is 1. The molecule has 1 aromatic carbocycles. The number of carbonyl (C=O) groups excluding carboxylic acids is 1. The van der Waals surface area contributed by atoms with E-state index in [0.29, 0.717) is 17.2 Å². The standard InChI is InChI=1S/C18H22N2O2/c1-12-6-5-7-13(2)20(12)18(21)17-11-10-16(22-17)14-8-3-4-9-15(14)19/h3-4,8-13H,5-7,19H2,1-2H3. The summed E-state index contributed by atoms with van der Waals surface area (Å²) in [5.74, 6) is 0.998. The number of nitrogens with zero attached hydrogens (tertiary/aromatic N) is 1. The second kappa shape index (κ2) is 5.87. The molecule has 0 bridgehead atoms. The lowest BCUT2D eigenvalue weighted by Gasteiger charge is -2.38. The molecule has 0 saturated carbocycles. The first kappa shape index (κ1) is 14.7. The molecule has 1 aromatic heterocycles. The van der Waals surface area contributed by atoms with Gasteiger partial charge in [0.2, 0.25) is 0 Å². The predicted molar refractivity (Wildman–Crippen MR) is 87.5 cm³/mol. The number of rotatable bonds is 2. The number of piperidine rings is 1. The molecule has 0 radical (unpaired) electrons. The van der Waals surface area contributed by atoms with Crippen molar-refractivity contribution >= 4 is 11.6 Å². The van der Waals surface area contributed by atoms with Crippen molar-refractivity contribution in [1.29, 1.82) is 0 Å². The third-order valence-electron chi connectivity index (χ3n) is 4.47. The Morgan fingerprint density at radius 3 is 2.50 bits per heavy atom. The fourth-order valence-electron chi connectivity index (χ4n) is 3.27. The molecule has 116 valence electrons. The summed E-state index contributed by atoms with van der Waals surface area (Å²) in [5.41, 5.74) is 7.44. The van der Waals surface area contributed by atoms with Gasteiger partial charge in [-0.3, -0.25) is 4.79 Å². The zero-order valence-electron chi connectivity index (χ0n) is 13.1. The number of para-hydroxylation sites is 1. The van der Waals surface area contributed by atoms with Gasteiger partial charge in [0.05, 0.1) is 0 Å². The average Bonchev–Trinajstić information content (AvgIpc) is 2.97. The minimum absolute atomic E-state index is 0.0274. The van der Waals surface area contributed by atoms with Gasteiger partial charge in [-0.05, 0) is 57.4 Å². The first-order valence-corrected chi connectivity index (χ1v) is 7.85. The number of hydrogen-bond donors (Lipinski definition) is 1. The van der Waals surface area contributed by atoms with Crippen LogP contribution in [0.5, 0.6) is 0 Å². The fraction of sp³-hybridized carbons (Fsp3) is 0.389. The van der Waals surface area contributed by atoms with Gasteiger partial charge in [0.25, 0.3) is 5.91 Å². The molecule has 0 aliphatic carbocycles. The van der Waals surface area contributed by atoms with Gasteiger partial charge in [-0.25, -0.2) is 0 Å². The lowest BCUT2D eigenvalue weighted by Crippen LogP contribution is -2.47. The Balaban J connectivity index is 1.87. The Kier molecular flexibility index (Phi) is 3.92. The van der Waals surface area contributed by atoms with Crippen LogP contribution in [0.15, 0.2) is 40.8 Å². The minimum Gasteiger partial charge on any atom is -0.451 e. The van der Waals surface area contributed by atoms with Gasteiger partial charge in [-0.1, -0.05) is 12.1 Å². The maximum atomic E-state index is 12.8. The Labute approximate surface area is 130 Å². The van der Waals surface area contributed by atoms with Crippen LogP contribution in [-0.2, 0) is 0 Å². The Hall–Kier alpha value is -2.23. The number of carbonyl (C=O) groups is 1. The molecule has 4 heteroatoms. The molecular weight excluding hydrogens is 276 g/mol. The molecule has 22 heavy (non-hydrogen) atoms. The summed E-state index contributed by atoms with van der Waals surface area (Å²) in [6, 6.07) is 11.6. The lowest BCUT2D eigenvalue weighted by atomic mass is 9.97. The minimum atomic E-state index is -0.0274. The first-order valence-electron chi connectivity index (χ1n) is 7.85. The van der Waals surface area contributed by atoms with Crippen molar-refractivity contribution in [3.8, 4) is 11.3 Å². The monoisotopic (exact) mass is 298 g/mol. The van der Waals surface area contributed by atoms with Crippen LogP contribution in [0.2, 0.25) is 0 Å². The number of hydrogen-bond acceptors (Lipinski definition) is 3. The van der Waals surface area contributed by atoms with E-state index < -0.39 is 0 Å². The van der Waals surface area contributed by atoms with Crippen molar-refractivity contribution in [2.75, 3.05) is 5.73 Å². The van der Waals surface area contributed by atoms with E-state index >= 15 is 0 Å². The van der Waals surface area contributed by atoms with Gasteiger partial charge in [-0.15, -0.1) is 0 Å². The van der Waals surface area contributed by atoms with E-state index in [4.69, 9.17) is 10.2 Å². The topological polar surface area (TPSA) is 59.5 Å². The summed E-state index contributed by atoms with van der Waals surface area (Å²) in [4.78, 5) is 14.7. The third-order valence-corrected chi connectivity index (χ3v) is 4.47. The van der Waals surface area contributed by atoms with Crippen molar-refractivity contribution < 1.29 is 9.21 Å². The van der Waals surface area contributed by atoms with E-state index in [1.807, 2.05) is 35.2 Å². The highest BCUT2D eigenvalue weighted by molar-refractivity contribution is 5.93. The zero-order valence-corrected chi connectivity index (χ0v) is 13.1. The summed E-state index contributed by atoms with van der Waals surface area (Å²) < 4.78 is 5.79. The molecule has 2 aromatic rings. The molecule has 2 unspecified atom stereocenters. The average molecular weight is 298 g/mol. The van der Waals surface area contributed by atoms with E-state index in [1.165, 1.54) is 6.42 Å². The second-order valence-electron chi connectivity index (χ2n) is 6.09. The van der Waals surface area contributed by atoms with Crippen LogP contribution in [0.3, 0.4) is 0 Å². The molecule has 1 aliphatic heterocycles. The van der Waals surface area contributed by atoms with E-state index in [-0.39, 0.29) is 18.0 Å². The van der Waals surface area contributed by atoms with Crippen molar-refractivity contribution in [2.45, 2.75) is 45.2 Å². The molecule has 1 aliphatic rings. The molecule has 2 heterocycles. The number of furan rings is 1. The highest BCUT2D eigenvalue weighted by atomic mass is 16.4. The normalized spacial score (nSPS) is 21.8. The van der Waals surface area contributed by atoms with E-state index in [2.05, 4.69) is 13.8 Å². The third kappa shape index (κ3) is 2.61. The molecule has 1 amide bonds. The van der Waals surface area contributed by atoms with Crippen LogP contribution in [0.1, 0.15) is 43.7 Å². The Bertz CT molecular complexity index is 667. The maximum Gasteiger partial charge on any atom is 0.290 e. The van der Waals surface area contributed by atoms with Gasteiger partial charge in [-0.2, -0.15) is 0 Å². The SMILES string of the molecule is CC1CCCC(C)N1C(=O)c1ccc(-c2ccccc2N)o1. The summed E-state index contributed by atoms with van der Waals surface area (Å²) in [6.45, 7) is 4.21. The second-order valence-corrected chi connectivity index (χ2v) is 6.09. The van der Waals surface area contributed by atoms with Crippen LogP contribution >= 0.6 is 0 Å². The van der Waals surface area contributed by atoms with Gasteiger partial charge < -0.3 is 15.1 Å².